The molecule has 6 N–H and O–H groups in total. The van der Waals surface area contributed by atoms with Crippen molar-refractivity contribution in [2.75, 3.05) is 85.7 Å². The lowest BCUT2D eigenvalue weighted by Gasteiger charge is -2.30. The van der Waals surface area contributed by atoms with E-state index in [0.717, 1.165) is 17.1 Å². The third-order valence-electron chi connectivity index (χ3n) is 5.46. The molecule has 0 aromatic carbocycles. The highest BCUT2D eigenvalue weighted by Crippen LogP contribution is 2.19. The molecule has 0 fully saturated rings. The van der Waals surface area contributed by atoms with E-state index in [-0.39, 0.29) is 85.5 Å². The average Bonchev–Trinajstić information content (AvgIpc) is 2.88. The number of aliphatic hydroxyl groups is 5. The minimum Gasteiger partial charge on any atom is -0.462 e. The van der Waals surface area contributed by atoms with E-state index >= 15 is 0 Å². The summed E-state index contributed by atoms with van der Waals surface area (Å²) in [6, 6.07) is 0. The van der Waals surface area contributed by atoms with Crippen molar-refractivity contribution in [1.29, 1.82) is 0 Å². The van der Waals surface area contributed by atoms with Gasteiger partial charge in [0.1, 0.15) is 25.7 Å². The summed E-state index contributed by atoms with van der Waals surface area (Å²) in [6.45, 7) is 9.70. The molecule has 228 valence electrons. The maximum Gasteiger partial charge on any atom is 0.330 e. The number of carbonyl (C=O) groups excluding carboxylic acids is 2. The molecule has 39 heavy (non-hydrogen) atoms. The largest absolute Gasteiger partial charge is 0.462 e. The third kappa shape index (κ3) is 20.6. The van der Waals surface area contributed by atoms with Crippen molar-refractivity contribution in [2.45, 2.75) is 38.1 Å². The minimum absolute atomic E-state index is 0.00450. The molecule has 0 amide bonds. The van der Waals surface area contributed by atoms with E-state index < -0.39 is 35.7 Å². The van der Waals surface area contributed by atoms with Gasteiger partial charge in [-0.15, -0.1) is 0 Å². The number of carbonyl (C=O) groups is 2. The smallest absolute Gasteiger partial charge is 0.330 e. The Hall–Kier alpha value is -1.94. The van der Waals surface area contributed by atoms with Crippen LogP contribution >= 0.6 is 0 Å². The number of aliphatic hydroxyl groups excluding tert-OH is 5. The fraction of sp³-hybridized carbons (Fsp3) is 0.769. The van der Waals surface area contributed by atoms with Gasteiger partial charge in [-0.1, -0.05) is 20.1 Å². The van der Waals surface area contributed by atoms with Gasteiger partial charge in [0.25, 0.3) is 0 Å². The van der Waals surface area contributed by atoms with Crippen molar-refractivity contribution in [1.82, 2.24) is 0 Å². The highest BCUT2D eigenvalue weighted by atomic mass is 16.5. The fourth-order valence-electron chi connectivity index (χ4n) is 3.36. The van der Waals surface area contributed by atoms with Crippen LogP contribution in [0.1, 0.15) is 19.8 Å². The van der Waals surface area contributed by atoms with E-state index in [9.17, 15) is 24.9 Å². The number of esters is 2. The Morgan fingerprint density at radius 1 is 0.769 bits per heavy atom. The van der Waals surface area contributed by atoms with E-state index in [1.165, 1.54) is 0 Å². The molecule has 0 saturated carbocycles. The highest BCUT2D eigenvalue weighted by Gasteiger charge is 2.28. The monoisotopic (exact) mass is 566 g/mol. The predicted octanol–water partition coefficient (Wildman–Crippen LogP) is -2.77. The summed E-state index contributed by atoms with van der Waals surface area (Å²) in [5.74, 6) is -1.16. The Labute approximate surface area is 230 Å². The van der Waals surface area contributed by atoms with E-state index in [1.54, 1.807) is 0 Å². The lowest BCUT2D eigenvalue weighted by Crippen LogP contribution is -3.14. The molecule has 0 rings (SSSR count). The summed E-state index contributed by atoms with van der Waals surface area (Å²) in [5.41, 5.74) is -0.716. The van der Waals surface area contributed by atoms with Crippen LogP contribution in [0.25, 0.3) is 0 Å². The number of hydrogen-bond donors (Lipinski definition) is 6. The van der Waals surface area contributed by atoms with Gasteiger partial charge < -0.3 is 54.1 Å². The summed E-state index contributed by atoms with van der Waals surface area (Å²) in [5, 5.41) is 48.8. The molecule has 3 atom stereocenters. The van der Waals surface area contributed by atoms with E-state index in [2.05, 4.69) is 13.2 Å². The van der Waals surface area contributed by atoms with E-state index in [4.69, 9.17) is 33.9 Å². The van der Waals surface area contributed by atoms with Gasteiger partial charge in [-0.2, -0.15) is 0 Å². The molecule has 0 aliphatic rings. The normalized spacial score (nSPS) is 15.3. The van der Waals surface area contributed by atoms with Crippen molar-refractivity contribution in [3.8, 4) is 0 Å². The summed E-state index contributed by atoms with van der Waals surface area (Å²) < 4.78 is 26.8. The quantitative estimate of drug-likeness (QED) is 0.0469. The zero-order valence-electron chi connectivity index (χ0n) is 23.0. The molecular formula is C26H48NO12+. The number of quaternary nitrogens is 1. The second-order valence-electron chi connectivity index (χ2n) is 9.54. The molecule has 13 nitrogen and oxygen atoms in total. The topological polar surface area (TPSA) is 186 Å². The molecule has 13 heteroatoms. The standard InChI is InChI=1S/C26H47NO12/c1-4-24(33)38-12-6-21(30)15-35-18-26(3,19-36-16-22(31)7-13-39-25(34)5-2)20-37-17-23(32)14-27(8-10-28)9-11-29/h4-5,21-23,28-32H,1-2,6-20H2,3H3/p+1. The second kappa shape index (κ2) is 22.8. The molecule has 0 saturated heterocycles. The lowest BCUT2D eigenvalue weighted by atomic mass is 9.94. The fourth-order valence-corrected chi connectivity index (χ4v) is 3.36. The van der Waals surface area contributed by atoms with Gasteiger partial charge in [0.15, 0.2) is 0 Å². The van der Waals surface area contributed by atoms with Crippen LogP contribution in [0, 0.1) is 5.41 Å². The molecule has 3 unspecified atom stereocenters. The van der Waals surface area contributed by atoms with Crippen LogP contribution < -0.4 is 4.90 Å². The number of ether oxygens (including phenoxy) is 5. The number of hydrogen-bond acceptors (Lipinski definition) is 12. The Balaban J connectivity index is 4.76. The molecule has 0 aliphatic heterocycles. The van der Waals surface area contributed by atoms with Crippen LogP contribution in [-0.2, 0) is 33.3 Å². The van der Waals surface area contributed by atoms with Crippen molar-refractivity contribution in [3.05, 3.63) is 25.3 Å². The minimum atomic E-state index is -0.873. The molecule has 0 bridgehead atoms. The SMILES string of the molecule is C=CC(=O)OCCC(O)COCC(C)(COCC(O)CCOC(=O)C=C)COCC(O)C[NH+](CCO)CCO. The maximum atomic E-state index is 11.1. The van der Waals surface area contributed by atoms with E-state index in [0.29, 0.717) is 13.1 Å². The Kier molecular flexibility index (Phi) is 21.7. The zero-order chi connectivity index (χ0) is 29.5. The summed E-state index contributed by atoms with van der Waals surface area (Å²) in [4.78, 5) is 23.0. The van der Waals surface area contributed by atoms with Crippen LogP contribution in [0.3, 0.4) is 0 Å². The highest BCUT2D eigenvalue weighted by molar-refractivity contribution is 5.81. The molecule has 0 aliphatic carbocycles. The van der Waals surface area contributed by atoms with Gasteiger partial charge >= 0.3 is 11.9 Å². The first-order valence-electron chi connectivity index (χ1n) is 13.0. The van der Waals surface area contributed by atoms with Crippen LogP contribution in [0.2, 0.25) is 0 Å². The molecule has 0 heterocycles. The van der Waals surface area contributed by atoms with Crippen molar-refractivity contribution in [2.24, 2.45) is 5.41 Å². The van der Waals surface area contributed by atoms with E-state index in [1.807, 2.05) is 6.92 Å². The molecule has 0 aromatic rings. The first-order chi connectivity index (χ1) is 18.6. The number of rotatable bonds is 26. The molecule has 0 spiro atoms. The third-order valence-corrected chi connectivity index (χ3v) is 5.46. The van der Waals surface area contributed by atoms with Crippen LogP contribution in [0.5, 0.6) is 0 Å². The molecular weight excluding hydrogens is 518 g/mol. The van der Waals surface area contributed by atoms with Gasteiger partial charge in [0, 0.05) is 30.4 Å². The van der Waals surface area contributed by atoms with Crippen LogP contribution in [0.15, 0.2) is 25.3 Å². The van der Waals surface area contributed by atoms with Crippen molar-refractivity contribution >= 4 is 11.9 Å². The summed E-state index contributed by atoms with van der Waals surface area (Å²) in [7, 11) is 0. The Morgan fingerprint density at radius 3 is 1.51 bits per heavy atom. The maximum absolute atomic E-state index is 11.1. The Bertz CT molecular complexity index is 633. The summed E-state index contributed by atoms with van der Waals surface area (Å²) in [6.07, 6.45) is -0.144. The van der Waals surface area contributed by atoms with Crippen LogP contribution in [-0.4, -0.2) is 141 Å². The van der Waals surface area contributed by atoms with Gasteiger partial charge in [-0.25, -0.2) is 9.59 Å². The van der Waals surface area contributed by atoms with Gasteiger partial charge in [-0.3, -0.25) is 0 Å². The molecule has 0 aromatic heterocycles. The van der Waals surface area contributed by atoms with Crippen molar-refractivity contribution in [3.63, 3.8) is 0 Å². The number of nitrogens with one attached hydrogen (secondary N) is 1. The van der Waals surface area contributed by atoms with Gasteiger partial charge in [0.05, 0.1) is 78.3 Å². The lowest BCUT2D eigenvalue weighted by molar-refractivity contribution is -0.904. The first kappa shape index (κ1) is 37.1. The second-order valence-corrected chi connectivity index (χ2v) is 9.54. The zero-order valence-corrected chi connectivity index (χ0v) is 23.0. The van der Waals surface area contributed by atoms with Crippen LogP contribution in [0.4, 0.5) is 0 Å². The molecule has 0 radical (unpaired) electrons. The summed E-state index contributed by atoms with van der Waals surface area (Å²) >= 11 is 0. The van der Waals surface area contributed by atoms with Gasteiger partial charge in [-0.05, 0) is 0 Å². The average molecular weight is 567 g/mol. The van der Waals surface area contributed by atoms with Gasteiger partial charge in [0.2, 0.25) is 0 Å². The van der Waals surface area contributed by atoms with Crippen molar-refractivity contribution < 1.29 is 63.7 Å². The first-order valence-corrected chi connectivity index (χ1v) is 13.0. The Morgan fingerprint density at radius 2 is 1.15 bits per heavy atom. The predicted molar refractivity (Wildman–Crippen MR) is 140 cm³/mol.